The average Bonchev–Trinajstić information content (AvgIpc) is 3.25. The first-order valence-corrected chi connectivity index (χ1v) is 12.9. The fourth-order valence-corrected chi connectivity index (χ4v) is 6.13. The van der Waals surface area contributed by atoms with E-state index in [1.165, 1.54) is 23.1 Å². The Balaban J connectivity index is 1.17. The Morgan fingerprint density at radius 2 is 2.00 bits per heavy atom. The van der Waals surface area contributed by atoms with Gasteiger partial charge in [-0.1, -0.05) is 23.5 Å². The minimum Gasteiger partial charge on any atom is -0.494 e. The molecular formula is C24H24N4O4S2. The Morgan fingerprint density at radius 1 is 1.21 bits per heavy atom. The van der Waals surface area contributed by atoms with E-state index in [1.807, 2.05) is 49.4 Å². The van der Waals surface area contributed by atoms with Gasteiger partial charge >= 0.3 is 0 Å². The quantitative estimate of drug-likeness (QED) is 0.518. The largest absolute Gasteiger partial charge is 0.494 e. The second kappa shape index (κ2) is 9.63. The Bertz CT molecular complexity index is 1250. The molecule has 0 saturated carbocycles. The zero-order chi connectivity index (χ0) is 23.7. The Morgan fingerprint density at radius 3 is 2.79 bits per heavy atom. The third-order valence-corrected chi connectivity index (χ3v) is 8.13. The van der Waals surface area contributed by atoms with Crippen LogP contribution in [0.1, 0.15) is 19.8 Å². The number of thiazole rings is 1. The number of ether oxygens (including phenoxy) is 1. The number of fused-ring (bicyclic) bond motifs is 2. The molecule has 1 unspecified atom stereocenters. The maximum Gasteiger partial charge on any atom is 0.247 e. The minimum absolute atomic E-state index is 0.0881. The summed E-state index contributed by atoms with van der Waals surface area (Å²) in [5.74, 6) is -0.00981. The van der Waals surface area contributed by atoms with Gasteiger partial charge in [-0.25, -0.2) is 4.98 Å². The molecule has 8 nitrogen and oxygen atoms in total. The van der Waals surface area contributed by atoms with Crippen molar-refractivity contribution in [3.05, 3.63) is 42.5 Å². The molecule has 0 aliphatic carbocycles. The van der Waals surface area contributed by atoms with Crippen LogP contribution in [0.3, 0.4) is 0 Å². The zero-order valence-corrected chi connectivity index (χ0v) is 20.2. The van der Waals surface area contributed by atoms with Crippen LogP contribution >= 0.6 is 23.1 Å². The van der Waals surface area contributed by atoms with Crippen molar-refractivity contribution >= 4 is 61.9 Å². The monoisotopic (exact) mass is 496 g/mol. The summed E-state index contributed by atoms with van der Waals surface area (Å²) in [6.07, 6.45) is 1.10. The number of nitrogens with zero attached hydrogens (tertiary/aromatic N) is 2. The van der Waals surface area contributed by atoms with Crippen LogP contribution in [0.15, 0.2) is 47.4 Å². The average molecular weight is 497 g/mol. The first-order valence-electron chi connectivity index (χ1n) is 11.2. The zero-order valence-electron chi connectivity index (χ0n) is 18.6. The van der Waals surface area contributed by atoms with Gasteiger partial charge in [0.2, 0.25) is 17.7 Å². The van der Waals surface area contributed by atoms with Crippen LogP contribution in [-0.4, -0.2) is 52.6 Å². The second-order valence-corrected chi connectivity index (χ2v) is 10.3. The lowest BCUT2D eigenvalue weighted by atomic mass is 9.95. The van der Waals surface area contributed by atoms with Crippen LogP contribution in [0, 0.1) is 5.92 Å². The van der Waals surface area contributed by atoms with Gasteiger partial charge in [-0.3, -0.25) is 14.4 Å². The van der Waals surface area contributed by atoms with Crippen molar-refractivity contribution in [1.82, 2.24) is 9.88 Å². The number of piperidine rings is 1. The maximum absolute atomic E-state index is 13.0. The molecule has 1 aromatic heterocycles. The van der Waals surface area contributed by atoms with E-state index in [-0.39, 0.29) is 23.6 Å². The van der Waals surface area contributed by atoms with Crippen molar-refractivity contribution in [2.24, 2.45) is 5.92 Å². The summed E-state index contributed by atoms with van der Waals surface area (Å²) in [7, 11) is 0. The number of carbonyl (C=O) groups excluding carboxylic acids is 3. The number of thioether (sulfide) groups is 1. The first-order chi connectivity index (χ1) is 16.5. The fourth-order valence-electron chi connectivity index (χ4n) is 4.16. The maximum atomic E-state index is 13.0. The van der Waals surface area contributed by atoms with Crippen LogP contribution in [0.5, 0.6) is 5.75 Å². The molecule has 2 N–H and O–H groups in total. The molecule has 10 heteroatoms. The predicted molar refractivity (Wildman–Crippen MR) is 133 cm³/mol. The van der Waals surface area contributed by atoms with Crippen molar-refractivity contribution in [3.63, 3.8) is 0 Å². The molecule has 0 bridgehead atoms. The lowest BCUT2D eigenvalue weighted by Crippen LogP contribution is -2.48. The number of anilines is 2. The Hall–Kier alpha value is -3.11. The van der Waals surface area contributed by atoms with Crippen molar-refractivity contribution in [3.8, 4) is 5.75 Å². The Labute approximate surface area is 205 Å². The summed E-state index contributed by atoms with van der Waals surface area (Å²) in [6.45, 7) is 3.41. The molecule has 2 aromatic carbocycles. The van der Waals surface area contributed by atoms with E-state index in [9.17, 15) is 14.4 Å². The van der Waals surface area contributed by atoms with Crippen LogP contribution < -0.4 is 15.4 Å². The van der Waals surface area contributed by atoms with Gasteiger partial charge in [-0.2, -0.15) is 0 Å². The standard InChI is InChI=1S/C24H24N4O4S2/c1-2-32-15-7-8-17-19(13-15)34-24(26-17)27-21(29)14-9-11-28(12-10-14)23(31)20-22(30)25-16-5-3-4-6-18(16)33-20/h3-8,13-14,20H,2,9-12H2,1H3,(H,25,30)(H,26,27,29). The number of para-hydroxylation sites is 1. The molecule has 3 amide bonds. The van der Waals surface area contributed by atoms with Gasteiger partial charge in [0.05, 0.1) is 22.5 Å². The topological polar surface area (TPSA) is 101 Å². The minimum atomic E-state index is -0.801. The SMILES string of the molecule is CCOc1ccc2nc(NC(=O)C3CCN(C(=O)C4Sc5ccccc5NC4=O)CC3)sc2c1. The molecule has 176 valence electrons. The molecule has 2 aliphatic rings. The van der Waals surface area contributed by atoms with Gasteiger partial charge in [0.15, 0.2) is 10.4 Å². The normalized spacial score (nSPS) is 18.3. The van der Waals surface area contributed by atoms with Crippen molar-refractivity contribution in [2.45, 2.75) is 29.9 Å². The smallest absolute Gasteiger partial charge is 0.247 e. The summed E-state index contributed by atoms with van der Waals surface area (Å²) >= 11 is 2.70. The van der Waals surface area contributed by atoms with E-state index in [4.69, 9.17) is 4.74 Å². The molecule has 34 heavy (non-hydrogen) atoms. The highest BCUT2D eigenvalue weighted by molar-refractivity contribution is 8.01. The molecular weight excluding hydrogens is 472 g/mol. The highest BCUT2D eigenvalue weighted by atomic mass is 32.2. The molecule has 0 radical (unpaired) electrons. The number of benzene rings is 2. The van der Waals surface area contributed by atoms with Crippen LogP contribution in [0.2, 0.25) is 0 Å². The number of hydrogen-bond acceptors (Lipinski definition) is 7. The number of hydrogen-bond donors (Lipinski definition) is 2. The number of nitrogens with one attached hydrogen (secondary N) is 2. The summed E-state index contributed by atoms with van der Waals surface area (Å²) in [5, 5.41) is 5.51. The number of amides is 3. The van der Waals surface area contributed by atoms with Gasteiger partial charge in [0.25, 0.3) is 0 Å². The fraction of sp³-hybridized carbons (Fsp3) is 0.333. The van der Waals surface area contributed by atoms with E-state index in [2.05, 4.69) is 15.6 Å². The van der Waals surface area contributed by atoms with E-state index in [0.717, 1.165) is 26.5 Å². The van der Waals surface area contributed by atoms with E-state index in [1.54, 1.807) is 4.90 Å². The van der Waals surface area contributed by atoms with E-state index < -0.39 is 5.25 Å². The second-order valence-electron chi connectivity index (χ2n) is 8.15. The number of carbonyl (C=O) groups is 3. The van der Waals surface area contributed by atoms with Gasteiger partial charge in [-0.15, -0.1) is 11.8 Å². The van der Waals surface area contributed by atoms with Gasteiger partial charge in [0.1, 0.15) is 5.75 Å². The van der Waals surface area contributed by atoms with Crippen LogP contribution in [0.25, 0.3) is 10.2 Å². The van der Waals surface area contributed by atoms with E-state index in [0.29, 0.717) is 37.7 Å². The molecule has 5 rings (SSSR count). The summed E-state index contributed by atoms with van der Waals surface area (Å²) in [4.78, 5) is 45.5. The predicted octanol–water partition coefficient (Wildman–Crippen LogP) is 3.99. The molecule has 3 aromatic rings. The number of rotatable bonds is 5. The van der Waals surface area contributed by atoms with Crippen molar-refractivity contribution < 1.29 is 19.1 Å². The molecule has 3 heterocycles. The lowest BCUT2D eigenvalue weighted by Gasteiger charge is -2.34. The summed E-state index contributed by atoms with van der Waals surface area (Å²) in [6, 6.07) is 13.1. The first kappa shape index (κ1) is 22.7. The van der Waals surface area contributed by atoms with Crippen LogP contribution in [0.4, 0.5) is 10.8 Å². The van der Waals surface area contributed by atoms with Gasteiger partial charge in [0, 0.05) is 23.9 Å². The highest BCUT2D eigenvalue weighted by Gasteiger charge is 2.37. The number of likely N-dealkylation sites (tertiary alicyclic amines) is 1. The van der Waals surface area contributed by atoms with Crippen molar-refractivity contribution in [2.75, 3.05) is 30.3 Å². The van der Waals surface area contributed by atoms with Gasteiger partial charge < -0.3 is 20.3 Å². The van der Waals surface area contributed by atoms with Gasteiger partial charge in [-0.05, 0) is 50.1 Å². The Kier molecular flexibility index (Phi) is 6.42. The summed E-state index contributed by atoms with van der Waals surface area (Å²) < 4.78 is 6.48. The third-order valence-electron chi connectivity index (χ3n) is 5.93. The third kappa shape index (κ3) is 4.60. The van der Waals surface area contributed by atoms with Crippen molar-refractivity contribution in [1.29, 1.82) is 0 Å². The molecule has 1 saturated heterocycles. The summed E-state index contributed by atoms with van der Waals surface area (Å²) in [5.41, 5.74) is 1.55. The lowest BCUT2D eigenvalue weighted by molar-refractivity contribution is -0.136. The molecule has 1 fully saturated rings. The number of aromatic nitrogens is 1. The molecule has 1 atom stereocenters. The molecule has 2 aliphatic heterocycles. The van der Waals surface area contributed by atoms with Crippen LogP contribution in [-0.2, 0) is 14.4 Å². The molecule has 0 spiro atoms. The highest BCUT2D eigenvalue weighted by Crippen LogP contribution is 2.36. The van der Waals surface area contributed by atoms with E-state index >= 15 is 0 Å².